The number of imide groups is 2. The van der Waals surface area contributed by atoms with Gasteiger partial charge in [0.25, 0.3) is 0 Å². The zero-order valence-electron chi connectivity index (χ0n) is 34.0. The van der Waals surface area contributed by atoms with E-state index in [2.05, 4.69) is 31.9 Å². The summed E-state index contributed by atoms with van der Waals surface area (Å²) in [4.78, 5) is 90.5. The van der Waals surface area contributed by atoms with Crippen LogP contribution < -0.4 is 31.9 Å². The molecule has 59 heavy (non-hydrogen) atoms. The first-order valence-electron chi connectivity index (χ1n) is 21.5. The smallest absolute Gasteiger partial charge is 0.249 e. The van der Waals surface area contributed by atoms with E-state index in [1.165, 1.54) is 36.4 Å². The van der Waals surface area contributed by atoms with Crippen molar-refractivity contribution >= 4 is 63.1 Å². The Morgan fingerprint density at radius 2 is 1.69 bits per heavy atom. The van der Waals surface area contributed by atoms with E-state index in [-0.39, 0.29) is 80.7 Å². The summed E-state index contributed by atoms with van der Waals surface area (Å²) in [7, 11) is -3.43. The van der Waals surface area contributed by atoms with E-state index >= 15 is 0 Å². The molecule has 6 fully saturated rings. The van der Waals surface area contributed by atoms with Gasteiger partial charge in [0, 0.05) is 56.9 Å². The Labute approximate surface area is 351 Å². The number of hydrogen-bond acceptors (Lipinski definition) is 13. The molecule has 4 saturated heterocycles. The fourth-order valence-corrected chi connectivity index (χ4v) is 11.5. The highest BCUT2D eigenvalue weighted by molar-refractivity contribution is 8.00. The number of likely N-dealkylation sites (tertiary alicyclic amines) is 1. The van der Waals surface area contributed by atoms with E-state index in [4.69, 9.17) is 4.74 Å². The Morgan fingerprint density at radius 3 is 2.44 bits per heavy atom. The predicted octanol–water partition coefficient (Wildman–Crippen LogP) is -0.320. The van der Waals surface area contributed by atoms with E-state index in [0.717, 1.165) is 36.2 Å². The zero-order chi connectivity index (χ0) is 42.1. The molecule has 0 aromatic heterocycles. The highest BCUT2D eigenvalue weighted by Crippen LogP contribution is 2.40. The van der Waals surface area contributed by atoms with Gasteiger partial charge in [0.2, 0.25) is 51.4 Å². The fraction of sp³-hybridized carbons (Fsp3) is 0.821. The third-order valence-corrected chi connectivity index (χ3v) is 15.1. The quantitative estimate of drug-likeness (QED) is 0.0722. The standard InChI is InChI=1S/C39H62N8O10S2/c1-59(55,56)46-18-15-25(21-46)34(50)42-29(35(51)45-39-43-30(23-58-39)24-8-3-2-4-9-24)22-57-19-7-10-32(48)41-17-6-5-16-40-26-11-12-27-28(20-26)38(54)47(37(27)53)31-13-14-33(49)44-36(31)52/h24-31,39-40,43H,2-23H2,1H3,(H,41,48)(H,42,50)(H,45,51)(H,44,49,52)/t25?,26?,27?,28?,29-,30?,31?,39?/m0/s1. The Hall–Kier alpha value is -3.17. The molecule has 0 radical (unpaired) electrons. The van der Waals surface area contributed by atoms with Gasteiger partial charge < -0.3 is 26.0 Å². The molecule has 7 unspecified atom stereocenters. The largest absolute Gasteiger partial charge is 0.379 e. The predicted molar refractivity (Wildman–Crippen MR) is 217 cm³/mol. The highest BCUT2D eigenvalue weighted by atomic mass is 32.2. The first-order chi connectivity index (χ1) is 28.3. The number of thioether (sulfide) groups is 1. The minimum absolute atomic E-state index is 0.0631. The van der Waals surface area contributed by atoms with Crippen LogP contribution in [0.3, 0.4) is 0 Å². The molecule has 2 saturated carbocycles. The van der Waals surface area contributed by atoms with Crippen molar-refractivity contribution in [2.45, 2.75) is 126 Å². The lowest BCUT2D eigenvalue weighted by Gasteiger charge is -2.29. The van der Waals surface area contributed by atoms with Gasteiger partial charge in [-0.25, -0.2) is 12.7 Å². The molecule has 0 aromatic rings. The number of nitrogens with one attached hydrogen (secondary N) is 6. The van der Waals surface area contributed by atoms with Gasteiger partial charge in [0.15, 0.2) is 0 Å². The molecule has 330 valence electrons. The normalized spacial score (nSPS) is 29.9. The lowest BCUT2D eigenvalue weighted by molar-refractivity contribution is -0.151. The van der Waals surface area contributed by atoms with E-state index in [9.17, 15) is 42.0 Å². The molecule has 2 aliphatic carbocycles. The molecule has 20 heteroatoms. The van der Waals surface area contributed by atoms with Gasteiger partial charge in [-0.2, -0.15) is 0 Å². The number of carbonyl (C=O) groups is 7. The van der Waals surface area contributed by atoms with Crippen LogP contribution in [0, 0.1) is 23.7 Å². The molecular formula is C39H62N8O10S2. The lowest BCUT2D eigenvalue weighted by Crippen LogP contribution is -2.55. The van der Waals surface area contributed by atoms with E-state index in [1.54, 1.807) is 11.8 Å². The summed E-state index contributed by atoms with van der Waals surface area (Å²) >= 11 is 1.64. The summed E-state index contributed by atoms with van der Waals surface area (Å²) in [5, 5.41) is 18.0. The topological polar surface area (TPSA) is 242 Å². The van der Waals surface area contributed by atoms with Crippen LogP contribution in [0.2, 0.25) is 0 Å². The monoisotopic (exact) mass is 866 g/mol. The molecule has 6 N–H and O–H groups in total. The molecule has 0 bridgehead atoms. The van der Waals surface area contributed by atoms with Crippen LogP contribution in [-0.4, -0.2) is 140 Å². The molecule has 7 amide bonds. The summed E-state index contributed by atoms with van der Waals surface area (Å²) in [5.74, 6) is -2.50. The molecular weight excluding hydrogens is 805 g/mol. The summed E-state index contributed by atoms with van der Waals surface area (Å²) in [6.45, 7) is 1.60. The van der Waals surface area contributed by atoms with Crippen molar-refractivity contribution in [3.8, 4) is 0 Å². The molecule has 18 nitrogen and oxygen atoms in total. The van der Waals surface area contributed by atoms with Crippen molar-refractivity contribution in [2.75, 3.05) is 51.4 Å². The van der Waals surface area contributed by atoms with Gasteiger partial charge >= 0.3 is 0 Å². The number of unbranched alkanes of at least 4 members (excludes halogenated alkanes) is 1. The van der Waals surface area contributed by atoms with Crippen LogP contribution in [0.4, 0.5) is 0 Å². The highest BCUT2D eigenvalue weighted by Gasteiger charge is 2.54. The van der Waals surface area contributed by atoms with Gasteiger partial charge in [-0.1, -0.05) is 19.3 Å². The zero-order valence-corrected chi connectivity index (χ0v) is 35.7. The second-order valence-corrected chi connectivity index (χ2v) is 20.1. The average molecular weight is 867 g/mol. The summed E-state index contributed by atoms with van der Waals surface area (Å²) in [6.07, 6.45) is 11.8. The van der Waals surface area contributed by atoms with E-state index < -0.39 is 57.6 Å². The van der Waals surface area contributed by atoms with Crippen molar-refractivity contribution in [1.29, 1.82) is 0 Å². The number of sulfonamides is 1. The fourth-order valence-electron chi connectivity index (χ4n) is 9.36. The SMILES string of the molecule is CS(=O)(=O)N1CCC(C(=O)N[C@@H](COCCCC(=O)NCCCCNC2CCC3C(=O)N(C4CCC(=O)NC4=O)C(=O)C3C2)C(=O)NC2NC(C3CCCCC3)CS2)C1. The third-order valence-electron chi connectivity index (χ3n) is 12.7. The number of piperidine rings is 1. The van der Waals surface area contributed by atoms with Gasteiger partial charge in [-0.15, -0.1) is 11.8 Å². The third kappa shape index (κ3) is 12.2. The summed E-state index contributed by atoms with van der Waals surface area (Å²) in [6, 6.07) is -1.52. The summed E-state index contributed by atoms with van der Waals surface area (Å²) in [5.41, 5.74) is -0.287. The Kier molecular flexibility index (Phi) is 16.2. The van der Waals surface area contributed by atoms with Crippen molar-refractivity contribution < 1.29 is 46.7 Å². The molecule has 4 aliphatic heterocycles. The van der Waals surface area contributed by atoms with Gasteiger partial charge in [-0.3, -0.25) is 49.1 Å². The molecule has 0 aromatic carbocycles. The number of hydrogen-bond donors (Lipinski definition) is 6. The molecule has 6 aliphatic rings. The van der Waals surface area contributed by atoms with Crippen molar-refractivity contribution in [1.82, 2.24) is 41.1 Å². The van der Waals surface area contributed by atoms with Crippen LogP contribution in [0.1, 0.15) is 96.3 Å². The number of nitrogens with zero attached hydrogens (tertiary/aromatic N) is 2. The Balaban J connectivity index is 0.855. The van der Waals surface area contributed by atoms with Crippen LogP contribution in [0.25, 0.3) is 0 Å². The van der Waals surface area contributed by atoms with Crippen LogP contribution in [0.15, 0.2) is 0 Å². The molecule has 0 spiro atoms. The minimum Gasteiger partial charge on any atom is -0.379 e. The number of amides is 7. The van der Waals surface area contributed by atoms with Crippen LogP contribution in [-0.2, 0) is 48.3 Å². The van der Waals surface area contributed by atoms with Crippen LogP contribution >= 0.6 is 11.8 Å². The molecule has 4 heterocycles. The summed E-state index contributed by atoms with van der Waals surface area (Å²) < 4.78 is 31.1. The van der Waals surface area contributed by atoms with Crippen molar-refractivity contribution in [2.24, 2.45) is 23.7 Å². The first-order valence-corrected chi connectivity index (χ1v) is 24.4. The second kappa shape index (κ2) is 21.1. The first kappa shape index (κ1) is 45.4. The maximum atomic E-state index is 13.5. The van der Waals surface area contributed by atoms with Crippen molar-refractivity contribution in [3.05, 3.63) is 0 Å². The van der Waals surface area contributed by atoms with Gasteiger partial charge in [0.05, 0.1) is 30.6 Å². The van der Waals surface area contributed by atoms with E-state index in [0.29, 0.717) is 50.7 Å². The Bertz CT molecular complexity index is 1680. The maximum Gasteiger partial charge on any atom is 0.249 e. The average Bonchev–Trinajstić information content (AvgIpc) is 3.95. The minimum atomic E-state index is -3.43. The molecule has 6 rings (SSSR count). The number of ether oxygens (including phenoxy) is 1. The number of rotatable bonds is 19. The van der Waals surface area contributed by atoms with Gasteiger partial charge in [0.1, 0.15) is 17.6 Å². The lowest BCUT2D eigenvalue weighted by atomic mass is 9.78. The number of carbonyl (C=O) groups excluding carboxylic acids is 7. The second-order valence-electron chi connectivity index (χ2n) is 17.0. The van der Waals surface area contributed by atoms with Crippen molar-refractivity contribution in [3.63, 3.8) is 0 Å². The van der Waals surface area contributed by atoms with E-state index in [1.807, 2.05) is 0 Å². The van der Waals surface area contributed by atoms with Crippen LogP contribution in [0.5, 0.6) is 0 Å². The number of fused-ring (bicyclic) bond motifs is 1. The maximum absolute atomic E-state index is 13.5. The van der Waals surface area contributed by atoms with Gasteiger partial charge in [-0.05, 0) is 76.7 Å². The molecule has 8 atom stereocenters. The Morgan fingerprint density at radius 1 is 0.932 bits per heavy atom.